The molecule has 114 valence electrons. The molecule has 0 aliphatic heterocycles. The van der Waals surface area contributed by atoms with Gasteiger partial charge >= 0.3 is 0 Å². The van der Waals surface area contributed by atoms with Crippen molar-refractivity contribution in [1.29, 1.82) is 0 Å². The van der Waals surface area contributed by atoms with Crippen LogP contribution < -0.4 is 0 Å². The van der Waals surface area contributed by atoms with Crippen LogP contribution in [0.15, 0.2) is 18.2 Å². The van der Waals surface area contributed by atoms with E-state index in [-0.39, 0.29) is 17.8 Å². The van der Waals surface area contributed by atoms with Crippen molar-refractivity contribution in [3.05, 3.63) is 23.8 Å². The minimum absolute atomic E-state index is 0.108. The molecule has 0 atom stereocenters. The highest BCUT2D eigenvalue weighted by Crippen LogP contribution is 2.28. The Morgan fingerprint density at radius 3 is 2.10 bits per heavy atom. The van der Waals surface area contributed by atoms with Crippen LogP contribution in [0.25, 0.3) is 0 Å². The maximum Gasteiger partial charge on any atom is 0.157 e. The molecule has 0 amide bonds. The zero-order valence-corrected chi connectivity index (χ0v) is 12.5. The summed E-state index contributed by atoms with van der Waals surface area (Å²) in [5.41, 5.74) is 0.638. The van der Waals surface area contributed by atoms with E-state index in [0.29, 0.717) is 25.2 Å². The zero-order chi connectivity index (χ0) is 14.8. The molecule has 0 saturated heterocycles. The molecule has 0 aliphatic rings. The second kappa shape index (κ2) is 9.61. The van der Waals surface area contributed by atoms with Crippen molar-refractivity contribution in [3.8, 4) is 11.5 Å². The van der Waals surface area contributed by atoms with E-state index in [1.54, 1.807) is 18.2 Å². The van der Waals surface area contributed by atoms with Gasteiger partial charge in [-0.05, 0) is 51.7 Å². The second-order valence-electron chi connectivity index (χ2n) is 4.71. The molecule has 20 heavy (non-hydrogen) atoms. The lowest BCUT2D eigenvalue weighted by molar-refractivity contribution is -0.140. The van der Waals surface area contributed by atoms with E-state index >= 15 is 0 Å². The molecule has 0 saturated carbocycles. The fourth-order valence-corrected chi connectivity index (χ4v) is 2.20. The Bertz CT molecular complexity index is 352. The first-order valence-electron chi connectivity index (χ1n) is 7.42. The molecule has 0 heterocycles. The van der Waals surface area contributed by atoms with Gasteiger partial charge in [-0.15, -0.1) is 0 Å². The van der Waals surface area contributed by atoms with E-state index in [9.17, 15) is 10.2 Å². The normalized spacial score (nSPS) is 11.2. The maximum absolute atomic E-state index is 9.68. The standard InChI is InChI=1S/C16H26O4/c1-3-19-16(20-4-2)12-7-5-6-9-13-14(17)10-8-11-15(13)18/h8,10-11,16-18H,3-7,9,12H2,1-2H3. The van der Waals surface area contributed by atoms with Crippen molar-refractivity contribution in [2.24, 2.45) is 0 Å². The Kier molecular flexibility index (Phi) is 8.07. The summed E-state index contributed by atoms with van der Waals surface area (Å²) in [6.45, 7) is 5.26. The molecule has 0 radical (unpaired) electrons. The quantitative estimate of drug-likeness (QED) is 0.508. The number of benzene rings is 1. The van der Waals surface area contributed by atoms with Crippen LogP contribution in [-0.2, 0) is 15.9 Å². The topological polar surface area (TPSA) is 58.9 Å². The van der Waals surface area contributed by atoms with Crippen LogP contribution in [0.3, 0.4) is 0 Å². The predicted octanol–water partition coefficient (Wildman–Crippen LogP) is 3.60. The van der Waals surface area contributed by atoms with Gasteiger partial charge in [0.05, 0.1) is 0 Å². The number of hydrogen-bond acceptors (Lipinski definition) is 4. The molecule has 1 aromatic rings. The third-order valence-corrected chi connectivity index (χ3v) is 3.20. The Morgan fingerprint density at radius 2 is 1.55 bits per heavy atom. The molecule has 0 unspecified atom stereocenters. The lowest BCUT2D eigenvalue weighted by Crippen LogP contribution is -2.17. The number of aromatic hydroxyl groups is 2. The summed E-state index contributed by atoms with van der Waals surface area (Å²) in [5.74, 6) is 0.345. The van der Waals surface area contributed by atoms with Gasteiger partial charge in [0.25, 0.3) is 0 Å². The van der Waals surface area contributed by atoms with Crippen LogP contribution in [-0.4, -0.2) is 29.7 Å². The molecule has 0 spiro atoms. The summed E-state index contributed by atoms with van der Waals surface area (Å²) in [5, 5.41) is 19.4. The van der Waals surface area contributed by atoms with Crippen LogP contribution in [0.5, 0.6) is 11.5 Å². The van der Waals surface area contributed by atoms with E-state index < -0.39 is 0 Å². The van der Waals surface area contributed by atoms with Crippen LogP contribution >= 0.6 is 0 Å². The van der Waals surface area contributed by atoms with Crippen molar-refractivity contribution in [3.63, 3.8) is 0 Å². The second-order valence-corrected chi connectivity index (χ2v) is 4.71. The van der Waals surface area contributed by atoms with E-state index in [1.165, 1.54) is 0 Å². The number of hydrogen-bond donors (Lipinski definition) is 2. The lowest BCUT2D eigenvalue weighted by Gasteiger charge is -2.16. The van der Waals surface area contributed by atoms with Gasteiger partial charge in [-0.2, -0.15) is 0 Å². The van der Waals surface area contributed by atoms with E-state index in [2.05, 4.69) is 0 Å². The highest BCUT2D eigenvalue weighted by molar-refractivity contribution is 5.42. The molecular formula is C16H26O4. The monoisotopic (exact) mass is 282 g/mol. The van der Waals surface area contributed by atoms with Gasteiger partial charge in [0, 0.05) is 18.8 Å². The Labute approximate surface area is 121 Å². The largest absolute Gasteiger partial charge is 0.508 e. The van der Waals surface area contributed by atoms with Crippen LogP contribution in [0, 0.1) is 0 Å². The third-order valence-electron chi connectivity index (χ3n) is 3.20. The predicted molar refractivity (Wildman–Crippen MR) is 79.0 cm³/mol. The molecular weight excluding hydrogens is 256 g/mol. The van der Waals surface area contributed by atoms with Crippen molar-refractivity contribution in [2.45, 2.75) is 52.2 Å². The molecule has 2 N–H and O–H groups in total. The third kappa shape index (κ3) is 5.80. The molecule has 4 nitrogen and oxygen atoms in total. The zero-order valence-electron chi connectivity index (χ0n) is 12.5. The summed E-state index contributed by atoms with van der Waals surface area (Å²) >= 11 is 0. The fourth-order valence-electron chi connectivity index (χ4n) is 2.20. The van der Waals surface area contributed by atoms with Gasteiger partial charge in [0.2, 0.25) is 0 Å². The molecule has 0 fully saturated rings. The number of phenols is 2. The molecule has 0 aromatic heterocycles. The van der Waals surface area contributed by atoms with Crippen molar-refractivity contribution in [2.75, 3.05) is 13.2 Å². The average Bonchev–Trinajstić information content (AvgIpc) is 2.41. The van der Waals surface area contributed by atoms with E-state index in [4.69, 9.17) is 9.47 Å². The first kappa shape index (κ1) is 16.8. The highest BCUT2D eigenvalue weighted by Gasteiger charge is 2.09. The van der Waals surface area contributed by atoms with Crippen molar-refractivity contribution >= 4 is 0 Å². The molecule has 4 heteroatoms. The maximum atomic E-state index is 9.68. The number of phenolic OH excluding ortho intramolecular Hbond substituents is 2. The number of unbranched alkanes of at least 4 members (excludes halogenated alkanes) is 2. The van der Waals surface area contributed by atoms with Gasteiger partial charge in [0.15, 0.2) is 6.29 Å². The van der Waals surface area contributed by atoms with Gasteiger partial charge in [-0.3, -0.25) is 0 Å². The van der Waals surface area contributed by atoms with Crippen LogP contribution in [0.1, 0.15) is 45.1 Å². The van der Waals surface area contributed by atoms with Gasteiger partial charge < -0.3 is 19.7 Å². The summed E-state index contributed by atoms with van der Waals surface area (Å²) in [6, 6.07) is 4.85. The SMILES string of the molecule is CCOC(CCCCCc1c(O)cccc1O)OCC. The Balaban J connectivity index is 2.24. The number of rotatable bonds is 10. The van der Waals surface area contributed by atoms with E-state index in [0.717, 1.165) is 25.7 Å². The molecule has 0 aliphatic carbocycles. The highest BCUT2D eigenvalue weighted by atomic mass is 16.7. The summed E-state index contributed by atoms with van der Waals surface area (Å²) in [6.07, 6.45) is 4.42. The molecule has 0 bridgehead atoms. The Morgan fingerprint density at radius 1 is 0.950 bits per heavy atom. The first-order chi connectivity index (χ1) is 9.69. The number of ether oxygens (including phenoxy) is 2. The summed E-state index contributed by atoms with van der Waals surface area (Å²) in [4.78, 5) is 0. The fraction of sp³-hybridized carbons (Fsp3) is 0.625. The van der Waals surface area contributed by atoms with Gasteiger partial charge in [0.1, 0.15) is 11.5 Å². The smallest absolute Gasteiger partial charge is 0.157 e. The van der Waals surface area contributed by atoms with Gasteiger partial charge in [-0.1, -0.05) is 12.5 Å². The van der Waals surface area contributed by atoms with Crippen LogP contribution in [0.2, 0.25) is 0 Å². The van der Waals surface area contributed by atoms with Crippen molar-refractivity contribution in [1.82, 2.24) is 0 Å². The molecule has 1 rings (SSSR count). The lowest BCUT2D eigenvalue weighted by atomic mass is 10.0. The summed E-state index contributed by atoms with van der Waals surface area (Å²) in [7, 11) is 0. The van der Waals surface area contributed by atoms with Crippen LogP contribution in [0.4, 0.5) is 0 Å². The Hall–Kier alpha value is -1.26. The minimum atomic E-state index is -0.108. The average molecular weight is 282 g/mol. The summed E-state index contributed by atoms with van der Waals surface area (Å²) < 4.78 is 11.0. The first-order valence-corrected chi connectivity index (χ1v) is 7.42. The van der Waals surface area contributed by atoms with E-state index in [1.807, 2.05) is 13.8 Å². The molecule has 1 aromatic carbocycles. The van der Waals surface area contributed by atoms with Crippen molar-refractivity contribution < 1.29 is 19.7 Å². The van der Waals surface area contributed by atoms with Gasteiger partial charge in [-0.25, -0.2) is 0 Å². The minimum Gasteiger partial charge on any atom is -0.508 e.